The van der Waals surface area contributed by atoms with Crippen LogP contribution in [0.1, 0.15) is 48.3 Å². The van der Waals surface area contributed by atoms with Crippen molar-refractivity contribution in [2.75, 3.05) is 6.54 Å². The highest BCUT2D eigenvalue weighted by Gasteiger charge is 2.42. The maximum Gasteiger partial charge on any atom is 0.255 e. The summed E-state index contributed by atoms with van der Waals surface area (Å²) in [6.45, 7) is 5.52. The van der Waals surface area contributed by atoms with Gasteiger partial charge in [0.05, 0.1) is 6.04 Å². The number of rotatable bonds is 10. The summed E-state index contributed by atoms with van der Waals surface area (Å²) in [5.74, 6) is -0.560. The van der Waals surface area contributed by atoms with Crippen LogP contribution in [0.25, 0.3) is 10.4 Å². The van der Waals surface area contributed by atoms with Crippen molar-refractivity contribution in [3.8, 4) is 0 Å². The van der Waals surface area contributed by atoms with Crippen LogP contribution in [0.5, 0.6) is 0 Å². The van der Waals surface area contributed by atoms with Crippen LogP contribution in [-0.2, 0) is 11.2 Å². The van der Waals surface area contributed by atoms with Crippen LogP contribution >= 0.6 is 0 Å². The lowest BCUT2D eigenvalue weighted by molar-refractivity contribution is -0.132. The molecule has 0 aliphatic carbocycles. The van der Waals surface area contributed by atoms with Gasteiger partial charge < -0.3 is 10.2 Å². The highest BCUT2D eigenvalue weighted by molar-refractivity contribution is 5.99. The molecule has 0 radical (unpaired) electrons. The number of carbonyl (C=O) groups is 2. The van der Waals surface area contributed by atoms with E-state index in [0.717, 1.165) is 11.1 Å². The summed E-state index contributed by atoms with van der Waals surface area (Å²) >= 11 is 0. The minimum absolute atomic E-state index is 0.105. The number of amides is 2. The highest BCUT2D eigenvalue weighted by Crippen LogP contribution is 2.30. The molecule has 0 bridgehead atoms. The van der Waals surface area contributed by atoms with Gasteiger partial charge in [0.1, 0.15) is 5.54 Å². The lowest BCUT2D eigenvalue weighted by Crippen LogP contribution is -2.59. The fourth-order valence-electron chi connectivity index (χ4n) is 4.18. The standard InChI is InChI=1S/C28H31N5O2/c1-21(23-15-9-5-10-16-23)33(26(34)24-17-11-6-12-18-24)28(2,3)27(35)31-25(20-30-32-29)19-22-13-7-4-8-14-22/h4-18,21,25H,19-20H2,1-3H3,(H,31,35)/t21-,25-/m0/s1. The van der Waals surface area contributed by atoms with E-state index in [1.54, 1.807) is 43.0 Å². The summed E-state index contributed by atoms with van der Waals surface area (Å²) in [5, 5.41) is 6.73. The van der Waals surface area contributed by atoms with Crippen molar-refractivity contribution in [2.45, 2.75) is 44.8 Å². The summed E-state index contributed by atoms with van der Waals surface area (Å²) in [7, 11) is 0. The highest BCUT2D eigenvalue weighted by atomic mass is 16.2. The third kappa shape index (κ3) is 6.49. The van der Waals surface area contributed by atoms with Crippen molar-refractivity contribution in [2.24, 2.45) is 5.11 Å². The van der Waals surface area contributed by atoms with Crippen LogP contribution in [0.2, 0.25) is 0 Å². The van der Waals surface area contributed by atoms with Crippen LogP contribution in [0.15, 0.2) is 96.1 Å². The molecule has 0 aromatic heterocycles. The molecular formula is C28H31N5O2. The maximum atomic E-state index is 13.7. The number of nitrogens with one attached hydrogen (secondary N) is 1. The molecule has 3 aromatic carbocycles. The third-order valence-electron chi connectivity index (χ3n) is 6.09. The third-order valence-corrected chi connectivity index (χ3v) is 6.09. The second-order valence-corrected chi connectivity index (χ2v) is 8.96. The SMILES string of the molecule is C[C@@H](c1ccccc1)N(C(=O)c1ccccc1)C(C)(C)C(=O)N[C@H](CN=[N+]=[N-])Cc1ccccc1. The van der Waals surface area contributed by atoms with Crippen molar-refractivity contribution >= 4 is 11.8 Å². The Morgan fingerprint density at radius 2 is 1.49 bits per heavy atom. The molecule has 0 aliphatic heterocycles. The second kappa shape index (κ2) is 11.9. The zero-order valence-electron chi connectivity index (χ0n) is 20.3. The van der Waals surface area contributed by atoms with Gasteiger partial charge in [0.15, 0.2) is 0 Å². The van der Waals surface area contributed by atoms with Crippen molar-refractivity contribution in [3.05, 3.63) is 118 Å². The summed E-state index contributed by atoms with van der Waals surface area (Å²) in [5.41, 5.74) is 10.1. The molecule has 1 N–H and O–H groups in total. The van der Waals surface area contributed by atoms with E-state index in [2.05, 4.69) is 15.3 Å². The smallest absolute Gasteiger partial charge is 0.255 e. The monoisotopic (exact) mass is 469 g/mol. The first-order valence-corrected chi connectivity index (χ1v) is 11.6. The fourth-order valence-corrected chi connectivity index (χ4v) is 4.18. The van der Waals surface area contributed by atoms with Crippen molar-refractivity contribution < 1.29 is 9.59 Å². The number of hydrogen-bond acceptors (Lipinski definition) is 3. The van der Waals surface area contributed by atoms with Gasteiger partial charge in [-0.3, -0.25) is 9.59 Å². The van der Waals surface area contributed by atoms with E-state index in [1.807, 2.05) is 73.7 Å². The molecule has 0 fully saturated rings. The van der Waals surface area contributed by atoms with Gasteiger partial charge in [-0.05, 0) is 56.0 Å². The Kier molecular flexibility index (Phi) is 8.65. The van der Waals surface area contributed by atoms with Gasteiger partial charge in [0.25, 0.3) is 5.91 Å². The Morgan fingerprint density at radius 3 is 2.06 bits per heavy atom. The zero-order chi connectivity index (χ0) is 25.3. The van der Waals surface area contributed by atoms with Crippen LogP contribution in [0, 0.1) is 0 Å². The zero-order valence-corrected chi connectivity index (χ0v) is 20.3. The minimum Gasteiger partial charge on any atom is -0.351 e. The van der Waals surface area contributed by atoms with E-state index in [9.17, 15) is 9.59 Å². The first-order valence-electron chi connectivity index (χ1n) is 11.6. The van der Waals surface area contributed by atoms with Crippen LogP contribution in [-0.4, -0.2) is 34.8 Å². The molecular weight excluding hydrogens is 438 g/mol. The molecule has 7 heteroatoms. The molecule has 0 spiro atoms. The van der Waals surface area contributed by atoms with Crippen LogP contribution in [0.3, 0.4) is 0 Å². The van der Waals surface area contributed by atoms with E-state index < -0.39 is 11.6 Å². The largest absolute Gasteiger partial charge is 0.351 e. The van der Waals surface area contributed by atoms with Gasteiger partial charge in [-0.25, -0.2) is 0 Å². The number of azide groups is 1. The first kappa shape index (κ1) is 25.5. The van der Waals surface area contributed by atoms with Gasteiger partial charge in [0.2, 0.25) is 5.91 Å². The number of hydrogen-bond donors (Lipinski definition) is 1. The van der Waals surface area contributed by atoms with Gasteiger partial charge in [-0.15, -0.1) is 0 Å². The summed E-state index contributed by atoms with van der Waals surface area (Å²) in [6, 6.07) is 27.5. The lowest BCUT2D eigenvalue weighted by atomic mass is 9.93. The molecule has 2 atom stereocenters. The predicted molar refractivity (Wildman–Crippen MR) is 138 cm³/mol. The van der Waals surface area contributed by atoms with E-state index in [0.29, 0.717) is 12.0 Å². The Balaban J connectivity index is 1.93. The molecule has 3 rings (SSSR count). The minimum atomic E-state index is -1.20. The molecule has 2 amide bonds. The molecule has 3 aromatic rings. The van der Waals surface area contributed by atoms with E-state index >= 15 is 0 Å². The Morgan fingerprint density at radius 1 is 0.943 bits per heavy atom. The topological polar surface area (TPSA) is 98.2 Å². The van der Waals surface area contributed by atoms with E-state index in [1.165, 1.54) is 0 Å². The van der Waals surface area contributed by atoms with Gasteiger partial charge in [-0.2, -0.15) is 0 Å². The van der Waals surface area contributed by atoms with Gasteiger partial charge in [-0.1, -0.05) is 84.0 Å². The molecule has 0 heterocycles. The Labute approximate surface area is 206 Å². The molecule has 0 saturated carbocycles. The van der Waals surface area contributed by atoms with Crippen molar-refractivity contribution in [1.82, 2.24) is 10.2 Å². The summed E-state index contributed by atoms with van der Waals surface area (Å²) in [6.07, 6.45) is 0.503. The van der Waals surface area contributed by atoms with Crippen LogP contribution < -0.4 is 5.32 Å². The molecule has 180 valence electrons. The molecule has 0 saturated heterocycles. The maximum absolute atomic E-state index is 13.7. The van der Waals surface area contributed by atoms with E-state index in [-0.39, 0.29) is 24.4 Å². The van der Waals surface area contributed by atoms with Crippen molar-refractivity contribution in [1.29, 1.82) is 0 Å². The quantitative estimate of drug-likeness (QED) is 0.234. The molecule has 0 unspecified atom stereocenters. The number of benzene rings is 3. The van der Waals surface area contributed by atoms with Crippen molar-refractivity contribution in [3.63, 3.8) is 0 Å². The Bertz CT molecular complexity index is 1160. The summed E-state index contributed by atoms with van der Waals surface area (Å²) < 4.78 is 0. The Hall–Kier alpha value is -4.09. The second-order valence-electron chi connectivity index (χ2n) is 8.96. The molecule has 7 nitrogen and oxygen atoms in total. The average Bonchev–Trinajstić information content (AvgIpc) is 2.88. The number of carbonyl (C=O) groups excluding carboxylic acids is 2. The van der Waals surface area contributed by atoms with E-state index in [4.69, 9.17) is 5.53 Å². The fraction of sp³-hybridized carbons (Fsp3) is 0.286. The normalized spacial score (nSPS) is 12.7. The van der Waals surface area contributed by atoms with Gasteiger partial charge in [0, 0.05) is 23.1 Å². The summed E-state index contributed by atoms with van der Waals surface area (Å²) in [4.78, 5) is 31.9. The van der Waals surface area contributed by atoms with Crippen LogP contribution in [0.4, 0.5) is 0 Å². The average molecular weight is 470 g/mol. The number of nitrogens with zero attached hydrogens (tertiary/aromatic N) is 4. The predicted octanol–water partition coefficient (Wildman–Crippen LogP) is 5.71. The molecule has 35 heavy (non-hydrogen) atoms. The lowest BCUT2D eigenvalue weighted by Gasteiger charge is -2.42. The first-order chi connectivity index (χ1) is 16.8. The van der Waals surface area contributed by atoms with Gasteiger partial charge >= 0.3 is 0 Å². The molecule has 0 aliphatic rings.